The molecule has 2 aliphatic rings. The van der Waals surface area contributed by atoms with Gasteiger partial charge in [0.1, 0.15) is 0 Å². The first-order chi connectivity index (χ1) is 13.0. The summed E-state index contributed by atoms with van der Waals surface area (Å²) in [5.74, 6) is -0.0985. The molecular formula is C20H23N3O3S. The molecule has 7 heteroatoms. The monoisotopic (exact) mass is 385 g/mol. The van der Waals surface area contributed by atoms with Gasteiger partial charge in [0.2, 0.25) is 10.0 Å². The lowest BCUT2D eigenvalue weighted by Gasteiger charge is -2.30. The Balaban J connectivity index is 1.66. The summed E-state index contributed by atoms with van der Waals surface area (Å²) in [5, 5.41) is 0. The fourth-order valence-corrected chi connectivity index (χ4v) is 5.34. The molecule has 4 rings (SSSR count). The second-order valence-electron chi connectivity index (χ2n) is 7.15. The van der Waals surface area contributed by atoms with Crippen LogP contribution in [0, 0.1) is 6.92 Å². The quantitative estimate of drug-likeness (QED) is 0.815. The van der Waals surface area contributed by atoms with Gasteiger partial charge in [-0.1, -0.05) is 0 Å². The third-order valence-electron chi connectivity index (χ3n) is 5.28. The Morgan fingerprint density at radius 3 is 2.52 bits per heavy atom. The van der Waals surface area contributed by atoms with E-state index in [1.807, 2.05) is 13.0 Å². The second kappa shape index (κ2) is 7.05. The molecule has 2 aromatic rings. The topological polar surface area (TPSA) is 70.6 Å². The third kappa shape index (κ3) is 3.37. The number of aryl methyl sites for hydroxylation is 2. The lowest BCUT2D eigenvalue weighted by molar-refractivity contribution is 0.0984. The van der Waals surface area contributed by atoms with Crippen LogP contribution in [0.1, 0.15) is 40.9 Å². The van der Waals surface area contributed by atoms with E-state index < -0.39 is 10.0 Å². The van der Waals surface area contributed by atoms with E-state index in [2.05, 4.69) is 4.98 Å². The van der Waals surface area contributed by atoms with E-state index in [0.29, 0.717) is 30.1 Å². The van der Waals surface area contributed by atoms with Gasteiger partial charge < -0.3 is 4.90 Å². The highest BCUT2D eigenvalue weighted by molar-refractivity contribution is 7.89. The van der Waals surface area contributed by atoms with E-state index >= 15 is 0 Å². The molecule has 1 fully saturated rings. The Bertz CT molecular complexity index is 964. The molecule has 0 saturated carbocycles. The van der Waals surface area contributed by atoms with Crippen molar-refractivity contribution in [2.45, 2.75) is 37.5 Å². The first-order valence-electron chi connectivity index (χ1n) is 9.34. The summed E-state index contributed by atoms with van der Waals surface area (Å²) in [4.78, 5) is 19.2. The number of benzene rings is 1. The van der Waals surface area contributed by atoms with Crippen LogP contribution >= 0.6 is 0 Å². The first kappa shape index (κ1) is 18.1. The van der Waals surface area contributed by atoms with Crippen LogP contribution in [0.15, 0.2) is 41.4 Å². The zero-order chi connectivity index (χ0) is 19.0. The molecule has 2 aliphatic heterocycles. The Hall–Kier alpha value is -2.25. The number of rotatable bonds is 3. The summed E-state index contributed by atoms with van der Waals surface area (Å²) in [6.45, 7) is 3.68. The molecule has 0 radical (unpaired) electrons. The average Bonchev–Trinajstić information content (AvgIpc) is 3.23. The number of anilines is 1. The number of hydrogen-bond donors (Lipinski definition) is 0. The van der Waals surface area contributed by atoms with E-state index in [4.69, 9.17) is 0 Å². The van der Waals surface area contributed by atoms with Gasteiger partial charge in [0, 0.05) is 37.2 Å². The minimum Gasteiger partial charge on any atom is -0.308 e. The summed E-state index contributed by atoms with van der Waals surface area (Å²) < 4.78 is 27.2. The van der Waals surface area contributed by atoms with Gasteiger partial charge in [-0.05, 0) is 68.5 Å². The second-order valence-corrected chi connectivity index (χ2v) is 9.09. The molecule has 0 atom stereocenters. The van der Waals surface area contributed by atoms with Gasteiger partial charge in [0.05, 0.1) is 10.5 Å². The van der Waals surface area contributed by atoms with Crippen LogP contribution in [0.4, 0.5) is 5.69 Å². The number of pyridine rings is 1. The van der Waals surface area contributed by atoms with Crippen LogP contribution in [0.5, 0.6) is 0 Å². The number of fused-ring (bicyclic) bond motifs is 1. The minimum absolute atomic E-state index is 0.0985. The maximum Gasteiger partial charge on any atom is 0.259 e. The number of carbonyl (C=O) groups is 1. The largest absolute Gasteiger partial charge is 0.308 e. The number of nitrogens with zero attached hydrogens (tertiary/aromatic N) is 3. The lowest BCUT2D eigenvalue weighted by Crippen LogP contribution is -2.36. The van der Waals surface area contributed by atoms with Gasteiger partial charge in [-0.3, -0.25) is 9.78 Å². The predicted molar refractivity (Wildman–Crippen MR) is 103 cm³/mol. The number of carbonyl (C=O) groups excluding carboxylic acids is 1. The van der Waals surface area contributed by atoms with E-state index in [0.717, 1.165) is 42.6 Å². The van der Waals surface area contributed by atoms with Crippen molar-refractivity contribution in [1.82, 2.24) is 9.29 Å². The fraction of sp³-hybridized carbons (Fsp3) is 0.400. The summed E-state index contributed by atoms with van der Waals surface area (Å²) >= 11 is 0. The molecular weight excluding hydrogens is 362 g/mol. The van der Waals surface area contributed by atoms with E-state index in [9.17, 15) is 13.2 Å². The summed E-state index contributed by atoms with van der Waals surface area (Å²) in [6, 6.07) is 8.76. The number of aromatic nitrogens is 1. The maximum atomic E-state index is 12.9. The molecule has 0 spiro atoms. The Labute approximate surface area is 159 Å². The number of sulfonamides is 1. The molecule has 1 amide bonds. The van der Waals surface area contributed by atoms with Crippen molar-refractivity contribution in [3.8, 4) is 0 Å². The highest BCUT2D eigenvalue weighted by Gasteiger charge is 2.30. The van der Waals surface area contributed by atoms with Crippen LogP contribution in [0.25, 0.3) is 0 Å². The third-order valence-corrected chi connectivity index (χ3v) is 7.17. The van der Waals surface area contributed by atoms with Crippen LogP contribution in [-0.4, -0.2) is 43.2 Å². The Kier molecular flexibility index (Phi) is 4.74. The summed E-state index contributed by atoms with van der Waals surface area (Å²) in [7, 11) is -3.45. The van der Waals surface area contributed by atoms with Gasteiger partial charge in [-0.25, -0.2) is 8.42 Å². The molecule has 3 heterocycles. The van der Waals surface area contributed by atoms with Crippen molar-refractivity contribution in [3.05, 3.63) is 53.3 Å². The van der Waals surface area contributed by atoms with Gasteiger partial charge in [-0.2, -0.15) is 4.31 Å². The zero-order valence-corrected chi connectivity index (χ0v) is 16.2. The van der Waals surface area contributed by atoms with E-state index in [-0.39, 0.29) is 5.91 Å². The first-order valence-corrected chi connectivity index (χ1v) is 10.8. The van der Waals surface area contributed by atoms with Gasteiger partial charge >= 0.3 is 0 Å². The van der Waals surface area contributed by atoms with Crippen molar-refractivity contribution < 1.29 is 13.2 Å². The standard InChI is InChI=1S/C20H23N3O3S/c1-15-6-7-17(14-21-15)20(24)23-12-4-5-16-13-18(8-9-19(16)23)27(25,26)22-10-2-3-11-22/h6-9,13-14H,2-5,10-12H2,1H3. The molecule has 1 saturated heterocycles. The Morgan fingerprint density at radius 2 is 1.81 bits per heavy atom. The van der Waals surface area contributed by atoms with Crippen molar-refractivity contribution >= 4 is 21.6 Å². The van der Waals surface area contributed by atoms with Crippen molar-refractivity contribution in [3.63, 3.8) is 0 Å². The predicted octanol–water partition coefficient (Wildman–Crippen LogP) is 2.77. The minimum atomic E-state index is -3.45. The number of hydrogen-bond acceptors (Lipinski definition) is 4. The summed E-state index contributed by atoms with van der Waals surface area (Å²) in [5.41, 5.74) is 3.12. The van der Waals surface area contributed by atoms with Gasteiger partial charge in [0.15, 0.2) is 0 Å². The highest BCUT2D eigenvalue weighted by Crippen LogP contribution is 2.32. The fourth-order valence-electron chi connectivity index (χ4n) is 3.77. The van der Waals surface area contributed by atoms with Crippen LogP contribution in [0.2, 0.25) is 0 Å². The summed E-state index contributed by atoms with van der Waals surface area (Å²) in [6.07, 6.45) is 5.01. The lowest BCUT2D eigenvalue weighted by atomic mass is 10.0. The van der Waals surface area contributed by atoms with Crippen molar-refractivity contribution in [2.75, 3.05) is 24.5 Å². The Morgan fingerprint density at radius 1 is 1.04 bits per heavy atom. The number of amides is 1. The molecule has 1 aromatic heterocycles. The van der Waals surface area contributed by atoms with Crippen molar-refractivity contribution in [2.24, 2.45) is 0 Å². The molecule has 27 heavy (non-hydrogen) atoms. The van der Waals surface area contributed by atoms with Crippen LogP contribution in [-0.2, 0) is 16.4 Å². The molecule has 0 N–H and O–H groups in total. The average molecular weight is 385 g/mol. The maximum absolute atomic E-state index is 12.9. The normalized spacial score (nSPS) is 17.7. The zero-order valence-electron chi connectivity index (χ0n) is 15.4. The van der Waals surface area contributed by atoms with E-state index in [1.165, 1.54) is 0 Å². The molecule has 142 valence electrons. The molecule has 0 aliphatic carbocycles. The smallest absolute Gasteiger partial charge is 0.259 e. The molecule has 0 unspecified atom stereocenters. The highest BCUT2D eigenvalue weighted by atomic mass is 32.2. The molecule has 1 aromatic carbocycles. The SMILES string of the molecule is Cc1ccc(C(=O)N2CCCc3cc(S(=O)(=O)N4CCCC4)ccc32)cn1. The molecule has 6 nitrogen and oxygen atoms in total. The van der Waals surface area contributed by atoms with Crippen LogP contribution < -0.4 is 4.90 Å². The van der Waals surface area contributed by atoms with E-state index in [1.54, 1.807) is 39.7 Å². The van der Waals surface area contributed by atoms with Crippen molar-refractivity contribution in [1.29, 1.82) is 0 Å². The van der Waals surface area contributed by atoms with Gasteiger partial charge in [-0.15, -0.1) is 0 Å². The van der Waals surface area contributed by atoms with Gasteiger partial charge in [0.25, 0.3) is 5.91 Å². The van der Waals surface area contributed by atoms with Crippen LogP contribution in [0.3, 0.4) is 0 Å². The molecule has 0 bridgehead atoms.